The van der Waals surface area contributed by atoms with Gasteiger partial charge in [-0.05, 0) is 77.6 Å². The first-order valence-electron chi connectivity index (χ1n) is 32.8. The average molecular weight is 1250 g/mol. The second-order valence-corrected chi connectivity index (χ2v) is 24.7. The van der Waals surface area contributed by atoms with Crippen molar-refractivity contribution in [1.29, 1.82) is 0 Å². The van der Waals surface area contributed by atoms with Crippen molar-refractivity contribution in [3.05, 3.63) is 24.3 Å². The Hall–Kier alpha value is -2.93. The Balaban J connectivity index is 1.83. The summed E-state index contributed by atoms with van der Waals surface area (Å²) < 4.78 is 63.9. The molecule has 502 valence electrons. The quantitative estimate of drug-likeness (QED) is 0.0122. The fraction of sp³-hybridized carbons (Fsp3) is 0.873. The molecule has 2 amide bonds. The van der Waals surface area contributed by atoms with Crippen LogP contribution in [0.4, 0.5) is 0 Å². The van der Waals surface area contributed by atoms with Crippen LogP contribution in [0, 0.1) is 5.92 Å². The number of carbonyl (C=O) groups is 4. The van der Waals surface area contributed by atoms with E-state index in [2.05, 4.69) is 49.6 Å². The highest BCUT2D eigenvalue weighted by molar-refractivity contribution is 7.48. The summed E-state index contributed by atoms with van der Waals surface area (Å²) in [6.45, 7) is 6.45. The molecule has 0 radical (unpaired) electrons. The molecule has 6 unspecified atom stereocenters. The second kappa shape index (κ2) is 49.8. The lowest BCUT2D eigenvalue weighted by Crippen LogP contribution is -2.64. The highest BCUT2D eigenvalue weighted by Gasteiger charge is 2.50. The van der Waals surface area contributed by atoms with Crippen molar-refractivity contribution in [3.8, 4) is 0 Å². The molecule has 86 heavy (non-hydrogen) atoms. The molecule has 2 heterocycles. The predicted molar refractivity (Wildman–Crippen MR) is 326 cm³/mol. The van der Waals surface area contributed by atoms with E-state index in [0.717, 1.165) is 90.6 Å². The fourth-order valence-corrected chi connectivity index (χ4v) is 10.8. The maximum atomic E-state index is 13.6. The standard InChI is InChI=1S/C63H115N2O20P/c1-6-9-12-15-17-19-20-21-22-23-24-25-27-29-32-40-54(69)83-50(46-79-61(75)49(36-30-14-11-8-3)37-31-28-26-18-16-13-10-7-2)47-81-86(76,77-5)80-44-42-65-53(68)39-34-33-38-52(67)64-41-35-43-78-63-60(58(73)56(71)51(45-66)84-63)85-62-59(74)57(72)55(70)48(4)82-62/h21-22,31,37,48-51,55-60,62-63,66,70-74H,6-20,23-30,32-36,38-47H2,1-5H3,(H,64,67)(H,65,68)/b22-21-,37-31-/t48?,49?,50-,51?,55-,56+,57+,58+,59?,60?,62+,63-,86?/m1/s1. The lowest BCUT2D eigenvalue weighted by molar-refractivity contribution is -0.364. The van der Waals surface area contributed by atoms with Crippen molar-refractivity contribution in [3.63, 3.8) is 0 Å². The SMILES string of the molecule is CCCCCCCC/C=C\CCCCCCCC(=O)O[C@H](COC(=O)C(/C=C\CCCCCCCC)CCCCCC)COP(=O)(OC)OCCNC(=O)CCCCC(=O)NCCCO[C@@H]1OC(CO)[C@H](O)[C@H](O)C1O[C@@H]1OC(C)[C@@H](O)[C@H](O)C1O. The van der Waals surface area contributed by atoms with Crippen LogP contribution >= 0.6 is 7.82 Å². The van der Waals surface area contributed by atoms with Crippen molar-refractivity contribution >= 4 is 31.6 Å². The number of phosphoric acid groups is 1. The lowest BCUT2D eigenvalue weighted by Gasteiger charge is -2.45. The van der Waals surface area contributed by atoms with E-state index in [1.165, 1.54) is 71.1 Å². The third-order valence-corrected chi connectivity index (χ3v) is 16.8. The van der Waals surface area contributed by atoms with Crippen LogP contribution < -0.4 is 10.6 Å². The number of ether oxygens (including phenoxy) is 6. The summed E-state index contributed by atoms with van der Waals surface area (Å²) in [5.41, 5.74) is 0. The minimum absolute atomic E-state index is 0.0315. The molecule has 2 aliphatic rings. The molecular formula is C63H115N2O20P. The number of hydrogen-bond acceptors (Lipinski definition) is 20. The topological polar surface area (TPSA) is 314 Å². The summed E-state index contributed by atoms with van der Waals surface area (Å²) in [5, 5.41) is 67.1. The van der Waals surface area contributed by atoms with Crippen LogP contribution in [0.5, 0.6) is 0 Å². The number of rotatable bonds is 53. The first-order chi connectivity index (χ1) is 41.5. The Morgan fingerprint density at radius 3 is 1.71 bits per heavy atom. The summed E-state index contributed by atoms with van der Waals surface area (Å²) in [6, 6.07) is 0. The average Bonchev–Trinajstić information content (AvgIpc) is 1.39. The van der Waals surface area contributed by atoms with Crippen molar-refractivity contribution < 1.29 is 96.4 Å². The van der Waals surface area contributed by atoms with Crippen LogP contribution in [0.2, 0.25) is 0 Å². The minimum Gasteiger partial charge on any atom is -0.461 e. The summed E-state index contributed by atoms with van der Waals surface area (Å²) in [4.78, 5) is 52.0. The third-order valence-electron chi connectivity index (χ3n) is 15.3. The molecule has 8 N–H and O–H groups in total. The van der Waals surface area contributed by atoms with Gasteiger partial charge in [0.25, 0.3) is 0 Å². The molecule has 13 atom stereocenters. The highest BCUT2D eigenvalue weighted by atomic mass is 31.2. The highest BCUT2D eigenvalue weighted by Crippen LogP contribution is 2.48. The minimum atomic E-state index is -4.23. The largest absolute Gasteiger partial charge is 0.474 e. The van der Waals surface area contributed by atoms with Crippen molar-refractivity contribution in [1.82, 2.24) is 10.6 Å². The molecule has 0 aromatic rings. The molecule has 0 spiro atoms. The van der Waals surface area contributed by atoms with Crippen LogP contribution in [0.1, 0.15) is 227 Å². The van der Waals surface area contributed by atoms with Crippen molar-refractivity contribution in [2.45, 2.75) is 294 Å². The lowest BCUT2D eigenvalue weighted by atomic mass is 9.97. The first kappa shape index (κ1) is 79.2. The Morgan fingerprint density at radius 2 is 1.12 bits per heavy atom. The molecule has 0 aliphatic carbocycles. The number of esters is 2. The number of aliphatic hydroxyl groups excluding tert-OH is 6. The van der Waals surface area contributed by atoms with E-state index >= 15 is 0 Å². The van der Waals surface area contributed by atoms with Gasteiger partial charge in [0.15, 0.2) is 18.7 Å². The molecule has 2 fully saturated rings. The van der Waals surface area contributed by atoms with Crippen LogP contribution in [-0.4, -0.2) is 175 Å². The van der Waals surface area contributed by atoms with Gasteiger partial charge < -0.3 is 69.7 Å². The zero-order chi connectivity index (χ0) is 63.2. The van der Waals surface area contributed by atoms with E-state index in [-0.39, 0.29) is 70.4 Å². The van der Waals surface area contributed by atoms with E-state index in [9.17, 15) is 54.4 Å². The molecule has 2 aliphatic heterocycles. The van der Waals surface area contributed by atoms with Crippen molar-refractivity contribution in [2.75, 3.05) is 53.2 Å². The van der Waals surface area contributed by atoms with E-state index < -0.39 is 106 Å². The van der Waals surface area contributed by atoms with Gasteiger partial charge in [-0.1, -0.05) is 154 Å². The molecule has 22 nitrogen and oxygen atoms in total. The number of carbonyl (C=O) groups excluding carboxylic acids is 4. The zero-order valence-corrected chi connectivity index (χ0v) is 53.8. The van der Waals surface area contributed by atoms with Crippen LogP contribution in [0.3, 0.4) is 0 Å². The summed E-state index contributed by atoms with van der Waals surface area (Å²) >= 11 is 0. The first-order valence-corrected chi connectivity index (χ1v) is 34.3. The molecule has 0 bridgehead atoms. The molecule has 0 saturated carbocycles. The Morgan fingerprint density at radius 1 is 0.570 bits per heavy atom. The molecule has 2 saturated heterocycles. The number of unbranched alkanes of at least 4 members (excludes halogenated alkanes) is 21. The fourth-order valence-electron chi connectivity index (χ4n) is 9.90. The zero-order valence-electron chi connectivity index (χ0n) is 53.0. The summed E-state index contributed by atoms with van der Waals surface area (Å²) in [5.74, 6) is -2.00. The Labute approximate surface area is 514 Å². The van der Waals surface area contributed by atoms with Gasteiger partial charge >= 0.3 is 19.8 Å². The molecule has 0 aromatic heterocycles. The second-order valence-electron chi connectivity index (χ2n) is 22.9. The van der Waals surface area contributed by atoms with Crippen molar-refractivity contribution in [2.24, 2.45) is 5.92 Å². The van der Waals surface area contributed by atoms with Gasteiger partial charge in [0.1, 0.15) is 49.3 Å². The molecule has 0 aromatic carbocycles. The Bertz CT molecular complexity index is 1870. The van der Waals surface area contributed by atoms with E-state index in [0.29, 0.717) is 25.7 Å². The van der Waals surface area contributed by atoms with Gasteiger partial charge in [-0.25, -0.2) is 4.57 Å². The van der Waals surface area contributed by atoms with E-state index in [1.807, 2.05) is 6.08 Å². The summed E-state index contributed by atoms with van der Waals surface area (Å²) in [6.07, 6.45) is 21.6. The molecule has 2 rings (SSSR count). The smallest absolute Gasteiger partial charge is 0.461 e. The third kappa shape index (κ3) is 35.5. The maximum Gasteiger partial charge on any atom is 0.474 e. The van der Waals surface area contributed by atoms with Crippen LogP contribution in [-0.2, 0) is 65.7 Å². The predicted octanol–water partition coefficient (Wildman–Crippen LogP) is 9.01. The van der Waals surface area contributed by atoms with Gasteiger partial charge in [0.05, 0.1) is 38.4 Å². The Kier molecular flexibility index (Phi) is 45.8. The van der Waals surface area contributed by atoms with Gasteiger partial charge in [0.2, 0.25) is 11.8 Å². The number of aliphatic hydroxyl groups is 6. The van der Waals surface area contributed by atoms with Gasteiger partial charge in [0, 0.05) is 39.5 Å². The number of amides is 2. The van der Waals surface area contributed by atoms with Crippen LogP contribution in [0.15, 0.2) is 24.3 Å². The number of phosphoric ester groups is 1. The number of hydrogen-bond donors (Lipinski definition) is 8. The van der Waals surface area contributed by atoms with Gasteiger partial charge in [-0.3, -0.25) is 32.7 Å². The molecular weight excluding hydrogens is 1140 g/mol. The maximum absolute atomic E-state index is 13.6. The number of allylic oxidation sites excluding steroid dienone is 3. The monoisotopic (exact) mass is 1250 g/mol. The van der Waals surface area contributed by atoms with Gasteiger partial charge in [-0.2, -0.15) is 0 Å². The van der Waals surface area contributed by atoms with Crippen LogP contribution in [0.25, 0.3) is 0 Å². The summed E-state index contributed by atoms with van der Waals surface area (Å²) in [7, 11) is -3.09. The normalized spacial score (nSPS) is 23.9. The number of nitrogens with one attached hydrogen (secondary N) is 2. The van der Waals surface area contributed by atoms with E-state index in [4.69, 9.17) is 42.0 Å². The van der Waals surface area contributed by atoms with Gasteiger partial charge in [-0.15, -0.1) is 0 Å². The van der Waals surface area contributed by atoms with E-state index in [1.54, 1.807) is 0 Å². The molecule has 23 heteroatoms.